The Bertz CT molecular complexity index is 752. The van der Waals surface area contributed by atoms with Crippen LogP contribution in [0.1, 0.15) is 0 Å². The van der Waals surface area contributed by atoms with Crippen molar-refractivity contribution in [1.82, 2.24) is 20.2 Å². The molecule has 0 aliphatic heterocycles. The third-order valence-electron chi connectivity index (χ3n) is 2.86. The van der Waals surface area contributed by atoms with Gasteiger partial charge in [0.1, 0.15) is 0 Å². The van der Waals surface area contributed by atoms with E-state index in [1.165, 1.54) is 4.68 Å². The standard InChI is InChI=1S/C13H8BrCl2N5/c14-7-1-4-12(10(16)5-7)21-13(18-19-20-21)9-3-2-8(15)6-11(9)17/h1-6H,17H2. The maximum Gasteiger partial charge on any atom is 0.189 e. The number of rotatable bonds is 2. The topological polar surface area (TPSA) is 69.6 Å². The van der Waals surface area contributed by atoms with Crippen molar-refractivity contribution in [2.24, 2.45) is 0 Å². The Morgan fingerprint density at radius 3 is 2.62 bits per heavy atom. The molecule has 0 unspecified atom stereocenters. The molecule has 1 aromatic heterocycles. The van der Waals surface area contributed by atoms with Crippen LogP contribution in [0, 0.1) is 0 Å². The van der Waals surface area contributed by atoms with Crippen molar-refractivity contribution >= 4 is 44.8 Å². The lowest BCUT2D eigenvalue weighted by atomic mass is 10.1. The van der Waals surface area contributed by atoms with Crippen LogP contribution in [0.25, 0.3) is 17.1 Å². The zero-order valence-electron chi connectivity index (χ0n) is 10.5. The van der Waals surface area contributed by atoms with E-state index in [2.05, 4.69) is 31.5 Å². The molecule has 0 atom stereocenters. The van der Waals surface area contributed by atoms with E-state index < -0.39 is 0 Å². The van der Waals surface area contributed by atoms with E-state index in [1.54, 1.807) is 24.3 Å². The normalized spacial score (nSPS) is 10.8. The van der Waals surface area contributed by atoms with Crippen molar-refractivity contribution in [3.05, 3.63) is 50.9 Å². The van der Waals surface area contributed by atoms with Gasteiger partial charge in [0.15, 0.2) is 5.82 Å². The van der Waals surface area contributed by atoms with Crippen LogP contribution in [-0.4, -0.2) is 20.2 Å². The number of nitrogens with zero attached hydrogens (tertiary/aromatic N) is 4. The van der Waals surface area contributed by atoms with Gasteiger partial charge >= 0.3 is 0 Å². The second-order valence-corrected chi connectivity index (χ2v) is 6.00. The number of nitrogens with two attached hydrogens (primary N) is 1. The van der Waals surface area contributed by atoms with Crippen molar-refractivity contribution in [2.75, 3.05) is 5.73 Å². The Morgan fingerprint density at radius 2 is 1.90 bits per heavy atom. The van der Waals surface area contributed by atoms with Gasteiger partial charge in [0, 0.05) is 20.7 Å². The average molecular weight is 385 g/mol. The van der Waals surface area contributed by atoms with Gasteiger partial charge < -0.3 is 5.73 Å². The van der Waals surface area contributed by atoms with Gasteiger partial charge in [0.05, 0.1) is 10.7 Å². The SMILES string of the molecule is Nc1cc(Cl)ccc1-c1nnnn1-c1ccc(Br)cc1Cl. The molecule has 2 N–H and O–H groups in total. The summed E-state index contributed by atoms with van der Waals surface area (Å²) in [7, 11) is 0. The van der Waals surface area contributed by atoms with Crippen LogP contribution < -0.4 is 5.73 Å². The second-order valence-electron chi connectivity index (χ2n) is 4.24. The van der Waals surface area contributed by atoms with E-state index in [9.17, 15) is 0 Å². The van der Waals surface area contributed by atoms with Gasteiger partial charge in [-0.05, 0) is 46.8 Å². The Morgan fingerprint density at radius 1 is 1.10 bits per heavy atom. The van der Waals surface area contributed by atoms with Crippen LogP contribution >= 0.6 is 39.1 Å². The number of anilines is 1. The van der Waals surface area contributed by atoms with Crippen LogP contribution in [0.5, 0.6) is 0 Å². The van der Waals surface area contributed by atoms with E-state index in [1.807, 2.05) is 12.1 Å². The fourth-order valence-electron chi connectivity index (χ4n) is 1.91. The number of hydrogen-bond acceptors (Lipinski definition) is 4. The van der Waals surface area contributed by atoms with Gasteiger partial charge in [-0.1, -0.05) is 39.1 Å². The highest BCUT2D eigenvalue weighted by Crippen LogP contribution is 2.30. The largest absolute Gasteiger partial charge is 0.398 e. The van der Waals surface area contributed by atoms with Gasteiger partial charge in [0.25, 0.3) is 0 Å². The molecule has 0 aliphatic carbocycles. The minimum absolute atomic E-state index is 0.492. The summed E-state index contributed by atoms with van der Waals surface area (Å²) in [6, 6.07) is 10.6. The first-order chi connectivity index (χ1) is 10.1. The van der Waals surface area contributed by atoms with Crippen molar-refractivity contribution in [3.8, 4) is 17.1 Å². The predicted molar refractivity (Wildman–Crippen MR) is 86.7 cm³/mol. The number of benzene rings is 2. The number of hydrogen-bond donors (Lipinski definition) is 1. The summed E-state index contributed by atoms with van der Waals surface area (Å²) < 4.78 is 2.41. The summed E-state index contributed by atoms with van der Waals surface area (Å²) in [6.07, 6.45) is 0. The van der Waals surface area contributed by atoms with Gasteiger partial charge in [0.2, 0.25) is 0 Å². The second kappa shape index (κ2) is 5.63. The first kappa shape index (κ1) is 14.3. The lowest BCUT2D eigenvalue weighted by molar-refractivity contribution is 0.791. The Labute approximate surface area is 138 Å². The molecule has 1 heterocycles. The summed E-state index contributed by atoms with van der Waals surface area (Å²) in [5.41, 5.74) is 7.83. The lowest BCUT2D eigenvalue weighted by Crippen LogP contribution is -2.02. The van der Waals surface area contributed by atoms with E-state index in [-0.39, 0.29) is 0 Å². The van der Waals surface area contributed by atoms with E-state index >= 15 is 0 Å². The molecule has 2 aromatic carbocycles. The highest BCUT2D eigenvalue weighted by molar-refractivity contribution is 9.10. The average Bonchev–Trinajstić information content (AvgIpc) is 2.87. The summed E-state index contributed by atoms with van der Waals surface area (Å²) in [5, 5.41) is 12.8. The first-order valence-corrected chi connectivity index (χ1v) is 7.40. The minimum Gasteiger partial charge on any atom is -0.398 e. The zero-order valence-corrected chi connectivity index (χ0v) is 13.6. The van der Waals surface area contributed by atoms with Gasteiger partial charge in [-0.3, -0.25) is 0 Å². The molecule has 0 spiro atoms. The number of nitrogen functional groups attached to an aromatic ring is 1. The van der Waals surface area contributed by atoms with E-state index in [4.69, 9.17) is 28.9 Å². The van der Waals surface area contributed by atoms with E-state index in [0.717, 1.165) is 4.47 Å². The Balaban J connectivity index is 2.17. The van der Waals surface area contributed by atoms with Crippen molar-refractivity contribution in [3.63, 3.8) is 0 Å². The number of tetrazole rings is 1. The first-order valence-electron chi connectivity index (χ1n) is 5.85. The van der Waals surface area contributed by atoms with Crippen LogP contribution in [0.15, 0.2) is 40.9 Å². The number of aromatic nitrogens is 4. The van der Waals surface area contributed by atoms with Crippen molar-refractivity contribution in [2.45, 2.75) is 0 Å². The molecule has 0 saturated heterocycles. The monoisotopic (exact) mass is 383 g/mol. The highest BCUT2D eigenvalue weighted by atomic mass is 79.9. The summed E-state index contributed by atoms with van der Waals surface area (Å²) in [4.78, 5) is 0. The smallest absolute Gasteiger partial charge is 0.189 e. The van der Waals surface area contributed by atoms with Crippen LogP contribution in [0.4, 0.5) is 5.69 Å². The molecule has 0 bridgehead atoms. The number of halogens is 3. The molecule has 8 heteroatoms. The Kier molecular flexibility index (Phi) is 3.84. The molecule has 106 valence electrons. The predicted octanol–water partition coefficient (Wildman–Crippen LogP) is 3.98. The molecular formula is C13H8BrCl2N5. The molecular weight excluding hydrogens is 377 g/mol. The fraction of sp³-hybridized carbons (Fsp3) is 0. The van der Waals surface area contributed by atoms with Crippen molar-refractivity contribution < 1.29 is 0 Å². The van der Waals surface area contributed by atoms with Gasteiger partial charge in [-0.25, -0.2) is 0 Å². The maximum atomic E-state index is 6.25. The van der Waals surface area contributed by atoms with Crippen LogP contribution in [0.3, 0.4) is 0 Å². The van der Waals surface area contributed by atoms with Gasteiger partial charge in [-0.15, -0.1) is 5.10 Å². The van der Waals surface area contributed by atoms with Gasteiger partial charge in [-0.2, -0.15) is 4.68 Å². The molecule has 0 amide bonds. The van der Waals surface area contributed by atoms with Crippen molar-refractivity contribution in [1.29, 1.82) is 0 Å². The third kappa shape index (κ3) is 2.74. The fourth-order valence-corrected chi connectivity index (χ4v) is 2.84. The minimum atomic E-state index is 0.492. The molecule has 0 radical (unpaired) electrons. The van der Waals surface area contributed by atoms with Crippen LogP contribution in [0.2, 0.25) is 10.0 Å². The van der Waals surface area contributed by atoms with Crippen LogP contribution in [-0.2, 0) is 0 Å². The maximum absolute atomic E-state index is 6.25. The molecule has 5 nitrogen and oxygen atoms in total. The molecule has 3 aromatic rings. The summed E-state index contributed by atoms with van der Waals surface area (Å²) in [6.45, 7) is 0. The summed E-state index contributed by atoms with van der Waals surface area (Å²) >= 11 is 15.5. The molecule has 0 saturated carbocycles. The Hall–Kier alpha value is -1.63. The highest BCUT2D eigenvalue weighted by Gasteiger charge is 2.15. The third-order valence-corrected chi connectivity index (χ3v) is 3.89. The quantitative estimate of drug-likeness (QED) is 0.678. The zero-order chi connectivity index (χ0) is 15.0. The molecule has 3 rings (SSSR count). The lowest BCUT2D eigenvalue weighted by Gasteiger charge is -2.09. The molecule has 21 heavy (non-hydrogen) atoms. The van der Waals surface area contributed by atoms with E-state index in [0.29, 0.717) is 32.8 Å². The molecule has 0 aliphatic rings. The molecule has 0 fully saturated rings. The summed E-state index contributed by atoms with van der Waals surface area (Å²) in [5.74, 6) is 0.494.